The predicted octanol–water partition coefficient (Wildman–Crippen LogP) is 1.44. The number of fused-ring (bicyclic) bond motifs is 1. The second-order valence-corrected chi connectivity index (χ2v) is 5.48. The second kappa shape index (κ2) is 4.85. The van der Waals surface area contributed by atoms with Crippen molar-refractivity contribution in [3.8, 4) is 5.75 Å². The molecular weight excluding hydrogens is 240 g/mol. The summed E-state index contributed by atoms with van der Waals surface area (Å²) in [6.07, 6.45) is 1.11. The van der Waals surface area contributed by atoms with Gasteiger partial charge in [-0.25, -0.2) is 0 Å². The molecule has 4 nitrogen and oxygen atoms in total. The van der Waals surface area contributed by atoms with Gasteiger partial charge >= 0.3 is 0 Å². The Hall–Kier alpha value is -1.55. The van der Waals surface area contributed by atoms with Crippen LogP contribution < -0.4 is 10.1 Å². The first-order valence-corrected chi connectivity index (χ1v) is 6.87. The van der Waals surface area contributed by atoms with E-state index in [2.05, 4.69) is 5.32 Å². The number of aryl methyl sites for hydroxylation is 1. The maximum atomic E-state index is 12.7. The van der Waals surface area contributed by atoms with Crippen molar-refractivity contribution in [1.29, 1.82) is 0 Å². The average molecular weight is 260 g/mol. The summed E-state index contributed by atoms with van der Waals surface area (Å²) in [6, 6.07) is 6.14. The van der Waals surface area contributed by atoms with Crippen molar-refractivity contribution in [2.75, 3.05) is 26.7 Å². The molecule has 2 aliphatic rings. The number of carbonyl (C=O) groups is 1. The molecule has 2 aliphatic heterocycles. The number of nitrogens with one attached hydrogen (secondary N) is 1. The lowest BCUT2D eigenvalue weighted by Gasteiger charge is -2.24. The summed E-state index contributed by atoms with van der Waals surface area (Å²) in [5.74, 6) is 1.40. The van der Waals surface area contributed by atoms with Crippen molar-refractivity contribution in [2.24, 2.45) is 5.92 Å². The van der Waals surface area contributed by atoms with Crippen LogP contribution in [0.2, 0.25) is 0 Å². The number of likely N-dealkylation sites (tertiary alicyclic amines) is 1. The lowest BCUT2D eigenvalue weighted by atomic mass is 10.0. The van der Waals surface area contributed by atoms with E-state index in [0.717, 1.165) is 31.6 Å². The van der Waals surface area contributed by atoms with Gasteiger partial charge in [0.25, 0.3) is 5.91 Å². The fourth-order valence-electron chi connectivity index (χ4n) is 3.24. The lowest BCUT2D eigenvalue weighted by molar-refractivity contribution is 0.0733. The van der Waals surface area contributed by atoms with E-state index in [-0.39, 0.29) is 5.91 Å². The Balaban J connectivity index is 1.89. The van der Waals surface area contributed by atoms with Crippen molar-refractivity contribution in [3.63, 3.8) is 0 Å². The summed E-state index contributed by atoms with van der Waals surface area (Å²) in [5, 5.41) is 3.38. The molecule has 1 aromatic carbocycles. The van der Waals surface area contributed by atoms with Crippen LogP contribution in [0.5, 0.6) is 5.75 Å². The molecule has 1 N–H and O–H groups in total. The Morgan fingerprint density at radius 3 is 3.05 bits per heavy atom. The minimum Gasteiger partial charge on any atom is -0.496 e. The quantitative estimate of drug-likeness (QED) is 0.875. The third kappa shape index (κ3) is 2.10. The maximum absolute atomic E-state index is 12.7. The van der Waals surface area contributed by atoms with Crippen molar-refractivity contribution >= 4 is 5.91 Å². The number of hydrogen-bond acceptors (Lipinski definition) is 3. The fraction of sp³-hybridized carbons (Fsp3) is 0.533. The number of amides is 1. The molecule has 1 aromatic rings. The number of rotatable bonds is 2. The lowest BCUT2D eigenvalue weighted by Crippen LogP contribution is -2.39. The van der Waals surface area contributed by atoms with E-state index in [1.807, 2.05) is 30.0 Å². The summed E-state index contributed by atoms with van der Waals surface area (Å²) in [5.41, 5.74) is 1.78. The van der Waals surface area contributed by atoms with Gasteiger partial charge in [-0.1, -0.05) is 11.6 Å². The van der Waals surface area contributed by atoms with Crippen molar-refractivity contribution in [1.82, 2.24) is 10.2 Å². The highest BCUT2D eigenvalue weighted by Crippen LogP contribution is 2.30. The molecule has 2 atom stereocenters. The molecule has 0 unspecified atom stereocenters. The van der Waals surface area contributed by atoms with Gasteiger partial charge in [0.1, 0.15) is 5.75 Å². The number of hydrogen-bond donors (Lipinski definition) is 1. The van der Waals surface area contributed by atoms with E-state index in [1.54, 1.807) is 7.11 Å². The van der Waals surface area contributed by atoms with Crippen LogP contribution in [-0.4, -0.2) is 43.6 Å². The van der Waals surface area contributed by atoms with Crippen LogP contribution in [0.1, 0.15) is 22.3 Å². The highest BCUT2D eigenvalue weighted by atomic mass is 16.5. The van der Waals surface area contributed by atoms with Gasteiger partial charge < -0.3 is 15.0 Å². The Morgan fingerprint density at radius 2 is 2.26 bits per heavy atom. The molecule has 0 spiro atoms. The highest BCUT2D eigenvalue weighted by molar-refractivity contribution is 5.97. The van der Waals surface area contributed by atoms with Crippen LogP contribution in [0, 0.1) is 12.8 Å². The molecule has 0 saturated carbocycles. The van der Waals surface area contributed by atoms with Gasteiger partial charge in [-0.3, -0.25) is 4.79 Å². The Labute approximate surface area is 113 Å². The maximum Gasteiger partial charge on any atom is 0.257 e. The number of carbonyl (C=O) groups excluding carboxylic acids is 1. The van der Waals surface area contributed by atoms with E-state index in [1.165, 1.54) is 0 Å². The SMILES string of the molecule is COc1ccc(C)cc1C(=O)N1CC[C@H]2CNC[C@H]21. The highest BCUT2D eigenvalue weighted by Gasteiger charge is 2.40. The summed E-state index contributed by atoms with van der Waals surface area (Å²) in [6.45, 7) is 4.83. The van der Waals surface area contributed by atoms with E-state index in [0.29, 0.717) is 23.3 Å². The molecule has 19 heavy (non-hydrogen) atoms. The fourth-order valence-corrected chi connectivity index (χ4v) is 3.24. The average Bonchev–Trinajstić information content (AvgIpc) is 3.00. The third-order valence-corrected chi connectivity index (χ3v) is 4.29. The zero-order valence-corrected chi connectivity index (χ0v) is 11.5. The molecule has 2 saturated heterocycles. The second-order valence-electron chi connectivity index (χ2n) is 5.48. The summed E-state index contributed by atoms with van der Waals surface area (Å²) >= 11 is 0. The number of benzene rings is 1. The van der Waals surface area contributed by atoms with Crippen LogP contribution in [0.3, 0.4) is 0 Å². The molecule has 2 heterocycles. The molecule has 0 aromatic heterocycles. The van der Waals surface area contributed by atoms with Gasteiger partial charge in [0, 0.05) is 25.7 Å². The van der Waals surface area contributed by atoms with Crippen LogP contribution in [0.15, 0.2) is 18.2 Å². The van der Waals surface area contributed by atoms with Crippen LogP contribution in [0.4, 0.5) is 0 Å². The molecule has 0 aliphatic carbocycles. The topological polar surface area (TPSA) is 41.6 Å². The van der Waals surface area contributed by atoms with Gasteiger partial charge in [0.15, 0.2) is 0 Å². The van der Waals surface area contributed by atoms with Gasteiger partial charge in [-0.15, -0.1) is 0 Å². The normalized spacial score (nSPS) is 25.5. The largest absolute Gasteiger partial charge is 0.496 e. The van der Waals surface area contributed by atoms with Crippen LogP contribution >= 0.6 is 0 Å². The van der Waals surface area contributed by atoms with E-state index in [4.69, 9.17) is 4.74 Å². The van der Waals surface area contributed by atoms with E-state index < -0.39 is 0 Å². The molecule has 2 fully saturated rings. The first-order chi connectivity index (χ1) is 9.20. The summed E-state index contributed by atoms with van der Waals surface area (Å²) in [7, 11) is 1.62. The Kier molecular flexibility index (Phi) is 3.19. The van der Waals surface area contributed by atoms with Gasteiger partial charge in [-0.2, -0.15) is 0 Å². The molecule has 4 heteroatoms. The molecule has 0 radical (unpaired) electrons. The van der Waals surface area contributed by atoms with E-state index in [9.17, 15) is 4.79 Å². The van der Waals surface area contributed by atoms with E-state index >= 15 is 0 Å². The number of nitrogens with zero attached hydrogens (tertiary/aromatic N) is 1. The standard InChI is InChI=1S/C15H20N2O2/c1-10-3-4-14(19-2)12(7-10)15(18)17-6-5-11-8-16-9-13(11)17/h3-4,7,11,13,16H,5-6,8-9H2,1-2H3/t11-,13+/m0/s1. The Morgan fingerprint density at radius 1 is 1.42 bits per heavy atom. The van der Waals surface area contributed by atoms with Gasteiger partial charge in [0.2, 0.25) is 0 Å². The van der Waals surface area contributed by atoms with Crippen LogP contribution in [0.25, 0.3) is 0 Å². The molecule has 1 amide bonds. The van der Waals surface area contributed by atoms with Crippen molar-refractivity contribution in [2.45, 2.75) is 19.4 Å². The molecule has 3 rings (SSSR count). The summed E-state index contributed by atoms with van der Waals surface area (Å²) in [4.78, 5) is 14.8. The third-order valence-electron chi connectivity index (χ3n) is 4.29. The zero-order valence-electron chi connectivity index (χ0n) is 11.5. The smallest absolute Gasteiger partial charge is 0.257 e. The van der Waals surface area contributed by atoms with Crippen molar-refractivity contribution < 1.29 is 9.53 Å². The number of ether oxygens (including phenoxy) is 1. The minimum absolute atomic E-state index is 0.108. The molecular formula is C15H20N2O2. The predicted molar refractivity (Wildman–Crippen MR) is 73.5 cm³/mol. The Bertz CT molecular complexity index is 501. The first kappa shape index (κ1) is 12.5. The van der Waals surface area contributed by atoms with Gasteiger partial charge in [0.05, 0.1) is 12.7 Å². The first-order valence-electron chi connectivity index (χ1n) is 6.87. The van der Waals surface area contributed by atoms with Crippen LogP contribution in [-0.2, 0) is 0 Å². The minimum atomic E-state index is 0.108. The summed E-state index contributed by atoms with van der Waals surface area (Å²) < 4.78 is 5.33. The van der Waals surface area contributed by atoms with Gasteiger partial charge in [-0.05, 0) is 31.4 Å². The molecule has 0 bridgehead atoms. The van der Waals surface area contributed by atoms with Crippen molar-refractivity contribution in [3.05, 3.63) is 29.3 Å². The molecule has 102 valence electrons. The number of methoxy groups -OCH3 is 1. The monoisotopic (exact) mass is 260 g/mol. The zero-order chi connectivity index (χ0) is 13.4.